The van der Waals surface area contributed by atoms with Crippen LogP contribution in [0.2, 0.25) is 0 Å². The average Bonchev–Trinajstić information content (AvgIpc) is 3.23. The summed E-state index contributed by atoms with van der Waals surface area (Å²) in [5, 5.41) is 31.9. The van der Waals surface area contributed by atoms with Gasteiger partial charge in [-0.2, -0.15) is 0 Å². The Balaban J connectivity index is 1.74. The summed E-state index contributed by atoms with van der Waals surface area (Å²) in [7, 11) is 0. The van der Waals surface area contributed by atoms with E-state index in [0.717, 1.165) is 0 Å². The maximum atomic E-state index is 12.2. The highest BCUT2D eigenvalue weighted by molar-refractivity contribution is 5.89. The van der Waals surface area contributed by atoms with Gasteiger partial charge in [0.25, 0.3) is 5.69 Å². The van der Waals surface area contributed by atoms with Crippen molar-refractivity contribution in [1.29, 1.82) is 0 Å². The number of benzene rings is 1. The fourth-order valence-corrected chi connectivity index (χ4v) is 3.51. The predicted molar refractivity (Wildman–Crippen MR) is 85.9 cm³/mol. The van der Waals surface area contributed by atoms with E-state index in [2.05, 4.69) is 5.32 Å². The standard InChI is InChI=1S/C16H16N2O9/c1-7(8-4-2-3-5-9(8)18(24)25)27-15(23)17-16(14(21)22)6-26-12-10(11(12)16)13(19)20/h2-5,7,10-12H,6H2,1H3,(H,17,23)(H,19,20)(H,21,22)/t7?,10?,11-,12-,16-/m0/s1. The molecule has 1 amide bonds. The van der Waals surface area contributed by atoms with Gasteiger partial charge in [-0.15, -0.1) is 0 Å². The average molecular weight is 380 g/mol. The number of nitrogens with zero attached hydrogens (tertiary/aromatic N) is 1. The van der Waals surface area contributed by atoms with Gasteiger partial charge >= 0.3 is 18.0 Å². The van der Waals surface area contributed by atoms with E-state index in [1.165, 1.54) is 31.2 Å². The van der Waals surface area contributed by atoms with Crippen LogP contribution in [0.3, 0.4) is 0 Å². The van der Waals surface area contributed by atoms with Crippen LogP contribution in [-0.2, 0) is 19.1 Å². The smallest absolute Gasteiger partial charge is 0.408 e. The molecule has 5 atom stereocenters. The largest absolute Gasteiger partial charge is 0.481 e. The number of nitro groups is 1. The summed E-state index contributed by atoms with van der Waals surface area (Å²) in [5.74, 6) is -4.59. The molecule has 1 aromatic rings. The highest BCUT2D eigenvalue weighted by Crippen LogP contribution is 2.54. The zero-order chi connectivity index (χ0) is 19.9. The van der Waals surface area contributed by atoms with Gasteiger partial charge in [0.2, 0.25) is 0 Å². The van der Waals surface area contributed by atoms with Crippen LogP contribution in [-0.4, -0.2) is 51.4 Å². The molecule has 11 nitrogen and oxygen atoms in total. The molecule has 1 aliphatic heterocycles. The van der Waals surface area contributed by atoms with Gasteiger partial charge in [-0.25, -0.2) is 9.59 Å². The number of carboxylic acid groups (broad SMARTS) is 2. The molecule has 0 radical (unpaired) electrons. The molecular weight excluding hydrogens is 364 g/mol. The topological polar surface area (TPSA) is 165 Å². The summed E-state index contributed by atoms with van der Waals surface area (Å²) in [6.45, 7) is 1.01. The van der Waals surface area contributed by atoms with Crippen LogP contribution in [0.1, 0.15) is 18.6 Å². The van der Waals surface area contributed by atoms with E-state index in [9.17, 15) is 29.6 Å². The molecular formula is C16H16N2O9. The number of carbonyl (C=O) groups excluding carboxylic acids is 1. The summed E-state index contributed by atoms with van der Waals surface area (Å²) < 4.78 is 10.3. The molecule has 1 saturated carbocycles. The number of aliphatic carboxylic acids is 2. The van der Waals surface area contributed by atoms with Gasteiger partial charge in [-0.05, 0) is 13.0 Å². The minimum Gasteiger partial charge on any atom is -0.481 e. The summed E-state index contributed by atoms with van der Waals surface area (Å²) in [6.07, 6.45) is -2.96. The van der Waals surface area contributed by atoms with E-state index < -0.39 is 59.1 Å². The van der Waals surface area contributed by atoms with E-state index in [-0.39, 0.29) is 11.3 Å². The van der Waals surface area contributed by atoms with E-state index in [1.807, 2.05) is 0 Å². The van der Waals surface area contributed by atoms with Crippen LogP contribution >= 0.6 is 0 Å². The van der Waals surface area contributed by atoms with Crippen molar-refractivity contribution in [2.45, 2.75) is 24.7 Å². The van der Waals surface area contributed by atoms with E-state index in [0.29, 0.717) is 0 Å². The van der Waals surface area contributed by atoms with Crippen LogP contribution in [0.25, 0.3) is 0 Å². The lowest BCUT2D eigenvalue weighted by Crippen LogP contribution is -2.58. The van der Waals surface area contributed by atoms with Gasteiger partial charge in [0, 0.05) is 12.0 Å². The normalized spacial score (nSPS) is 29.3. The first kappa shape index (κ1) is 18.6. The Morgan fingerprint density at radius 2 is 2.04 bits per heavy atom. The highest BCUT2D eigenvalue weighted by Gasteiger charge is 2.74. The molecule has 3 N–H and O–H groups in total. The number of fused-ring (bicyclic) bond motifs is 1. The number of rotatable bonds is 6. The Bertz CT molecular complexity index is 826. The Morgan fingerprint density at radius 3 is 2.59 bits per heavy atom. The fraction of sp³-hybridized carbons (Fsp3) is 0.438. The third-order valence-electron chi connectivity index (χ3n) is 4.87. The Morgan fingerprint density at radius 1 is 1.37 bits per heavy atom. The number of nitro benzene ring substituents is 1. The highest BCUT2D eigenvalue weighted by atomic mass is 16.6. The van der Waals surface area contributed by atoms with E-state index in [1.54, 1.807) is 0 Å². The summed E-state index contributed by atoms with van der Waals surface area (Å²) in [6, 6.07) is 5.67. The molecule has 0 bridgehead atoms. The first-order valence-corrected chi connectivity index (χ1v) is 7.99. The second-order valence-corrected chi connectivity index (χ2v) is 6.43. The van der Waals surface area contributed by atoms with Crippen LogP contribution in [0.15, 0.2) is 24.3 Å². The Hall–Kier alpha value is -3.21. The monoisotopic (exact) mass is 380 g/mol. The molecule has 1 saturated heterocycles. The fourth-order valence-electron chi connectivity index (χ4n) is 3.51. The predicted octanol–water partition coefficient (Wildman–Crippen LogP) is 0.935. The second kappa shape index (κ2) is 6.50. The lowest BCUT2D eigenvalue weighted by atomic mass is 9.93. The number of hydrogen-bond acceptors (Lipinski definition) is 7. The van der Waals surface area contributed by atoms with Gasteiger partial charge in [0.15, 0.2) is 5.54 Å². The molecule has 2 aliphatic rings. The zero-order valence-electron chi connectivity index (χ0n) is 14.0. The molecule has 0 spiro atoms. The third-order valence-corrected chi connectivity index (χ3v) is 4.87. The summed E-state index contributed by atoms with van der Waals surface area (Å²) in [5.41, 5.74) is -2.03. The molecule has 144 valence electrons. The third kappa shape index (κ3) is 3.05. The second-order valence-electron chi connectivity index (χ2n) is 6.43. The molecule has 11 heteroatoms. The van der Waals surface area contributed by atoms with Crippen molar-refractivity contribution in [2.75, 3.05) is 6.61 Å². The number of carboxylic acids is 2. The number of amides is 1. The van der Waals surface area contributed by atoms with Crippen LogP contribution in [0.4, 0.5) is 10.5 Å². The van der Waals surface area contributed by atoms with Crippen molar-refractivity contribution < 1.29 is 39.0 Å². The number of ether oxygens (including phenoxy) is 2. The van der Waals surface area contributed by atoms with Crippen molar-refractivity contribution >= 4 is 23.7 Å². The molecule has 1 aliphatic carbocycles. The quantitative estimate of drug-likeness (QED) is 0.481. The summed E-state index contributed by atoms with van der Waals surface area (Å²) >= 11 is 0. The number of carbonyl (C=O) groups is 3. The van der Waals surface area contributed by atoms with Crippen LogP contribution in [0.5, 0.6) is 0 Å². The molecule has 3 rings (SSSR count). The maximum Gasteiger partial charge on any atom is 0.408 e. The van der Waals surface area contributed by atoms with Gasteiger partial charge in [0.1, 0.15) is 6.10 Å². The van der Waals surface area contributed by atoms with E-state index >= 15 is 0 Å². The van der Waals surface area contributed by atoms with Crippen LogP contribution < -0.4 is 5.32 Å². The first-order valence-electron chi connectivity index (χ1n) is 7.99. The molecule has 2 unspecified atom stereocenters. The molecule has 1 heterocycles. The van der Waals surface area contributed by atoms with Gasteiger partial charge in [0.05, 0.1) is 29.1 Å². The number of alkyl carbamates (subject to hydrolysis) is 1. The first-order chi connectivity index (χ1) is 12.7. The molecule has 27 heavy (non-hydrogen) atoms. The van der Waals surface area contributed by atoms with Crippen molar-refractivity contribution in [3.63, 3.8) is 0 Å². The number of nitrogens with one attached hydrogen (secondary N) is 1. The minimum atomic E-state index is -1.92. The van der Waals surface area contributed by atoms with Gasteiger partial charge in [-0.3, -0.25) is 14.9 Å². The van der Waals surface area contributed by atoms with Crippen molar-refractivity contribution in [2.24, 2.45) is 11.8 Å². The lowest BCUT2D eigenvalue weighted by Gasteiger charge is -2.27. The SMILES string of the molecule is CC(OC(=O)N[C@@]1(C(=O)O)CO[C@H]2C(C(=O)O)[C@@H]21)c1ccccc1[N+](=O)[O-]. The molecule has 0 aromatic heterocycles. The molecule has 1 aromatic carbocycles. The maximum absolute atomic E-state index is 12.2. The van der Waals surface area contributed by atoms with E-state index in [4.69, 9.17) is 14.6 Å². The number of para-hydroxylation sites is 1. The lowest BCUT2D eigenvalue weighted by molar-refractivity contribution is -0.386. The zero-order valence-corrected chi connectivity index (χ0v) is 14.0. The molecule has 2 fully saturated rings. The number of hydrogen-bond donors (Lipinski definition) is 3. The van der Waals surface area contributed by atoms with Crippen LogP contribution in [0, 0.1) is 22.0 Å². The van der Waals surface area contributed by atoms with Crippen molar-refractivity contribution in [3.8, 4) is 0 Å². The van der Waals surface area contributed by atoms with Gasteiger partial charge in [-0.1, -0.05) is 12.1 Å². The van der Waals surface area contributed by atoms with Gasteiger partial charge < -0.3 is 25.0 Å². The Kier molecular flexibility index (Phi) is 4.47. The van der Waals surface area contributed by atoms with Crippen molar-refractivity contribution in [3.05, 3.63) is 39.9 Å². The summed E-state index contributed by atoms with van der Waals surface area (Å²) in [4.78, 5) is 45.6. The minimum absolute atomic E-state index is 0.136. The Labute approximate surface area is 152 Å². The van der Waals surface area contributed by atoms with Crippen molar-refractivity contribution in [1.82, 2.24) is 5.32 Å².